The molecule has 0 spiro atoms. The van der Waals surface area contributed by atoms with Crippen LogP contribution in [0.4, 0.5) is 0 Å². The summed E-state index contributed by atoms with van der Waals surface area (Å²) >= 11 is 0. The molecule has 0 aliphatic heterocycles. The van der Waals surface area contributed by atoms with E-state index in [9.17, 15) is 4.79 Å². The number of Topliss-reactive ketones (excluding diaryl/α,β-unsaturated/α-hetero) is 1. The van der Waals surface area contributed by atoms with Gasteiger partial charge in [-0.3, -0.25) is 4.79 Å². The van der Waals surface area contributed by atoms with Crippen LogP contribution in [0.3, 0.4) is 0 Å². The third kappa shape index (κ3) is 3.75. The number of hydrogen-bond acceptors (Lipinski definition) is 1. The van der Waals surface area contributed by atoms with Crippen molar-refractivity contribution in [2.45, 2.75) is 13.3 Å². The Kier molecular flexibility index (Phi) is 4.68. The van der Waals surface area contributed by atoms with Crippen LogP contribution in [0.5, 0.6) is 0 Å². The highest BCUT2D eigenvalue weighted by molar-refractivity contribution is 6.08. The maximum atomic E-state index is 12.6. The molecule has 0 N–H and O–H groups in total. The third-order valence-corrected chi connectivity index (χ3v) is 4.01. The Morgan fingerprint density at radius 2 is 1.61 bits per heavy atom. The van der Waals surface area contributed by atoms with Crippen molar-refractivity contribution in [3.05, 3.63) is 90.0 Å². The Balaban J connectivity index is 1.74. The quantitative estimate of drug-likeness (QED) is 0.547. The molecule has 23 heavy (non-hydrogen) atoms. The summed E-state index contributed by atoms with van der Waals surface area (Å²) in [6.07, 6.45) is 4.72. The molecular weight excluding hydrogens is 280 g/mol. The first kappa shape index (κ1) is 15.2. The number of rotatable bonds is 5. The summed E-state index contributed by atoms with van der Waals surface area (Å²) in [6.45, 7) is 2.09. The zero-order chi connectivity index (χ0) is 16.1. The van der Waals surface area contributed by atoms with Crippen LogP contribution in [0.25, 0.3) is 16.8 Å². The van der Waals surface area contributed by atoms with Crippen molar-refractivity contribution in [2.75, 3.05) is 0 Å². The summed E-state index contributed by atoms with van der Waals surface area (Å²) in [5.41, 5.74) is 1.99. The second-order valence-electron chi connectivity index (χ2n) is 5.90. The van der Waals surface area contributed by atoms with Gasteiger partial charge in [0.1, 0.15) is 0 Å². The monoisotopic (exact) mass is 300 g/mol. The van der Waals surface area contributed by atoms with Crippen molar-refractivity contribution in [3.63, 3.8) is 0 Å². The molecule has 3 aromatic carbocycles. The third-order valence-electron chi connectivity index (χ3n) is 4.01. The van der Waals surface area contributed by atoms with Crippen LogP contribution in [0, 0.1) is 5.92 Å². The molecule has 0 bridgehead atoms. The largest absolute Gasteiger partial charge is 0.294 e. The number of allylic oxidation sites excluding steroid dienone is 1. The molecule has 0 aliphatic rings. The second-order valence-corrected chi connectivity index (χ2v) is 5.90. The van der Waals surface area contributed by atoms with Crippen molar-refractivity contribution in [2.24, 2.45) is 5.92 Å². The standard InChI is InChI=1S/C22H20O/c1-17(14-15-18-8-3-2-4-9-18)16-22(23)21-13-7-11-19-10-5-6-12-20(19)21/h2-15,17H,16H2,1H3/b15-14+/t17-/m1/s1. The van der Waals surface area contributed by atoms with Crippen molar-refractivity contribution in [3.8, 4) is 0 Å². The average Bonchev–Trinajstić information content (AvgIpc) is 2.60. The zero-order valence-electron chi connectivity index (χ0n) is 13.3. The van der Waals surface area contributed by atoms with E-state index in [-0.39, 0.29) is 11.7 Å². The summed E-state index contributed by atoms with van der Waals surface area (Å²) in [5.74, 6) is 0.411. The van der Waals surface area contributed by atoms with Crippen LogP contribution in [-0.2, 0) is 0 Å². The van der Waals surface area contributed by atoms with E-state index in [0.717, 1.165) is 21.9 Å². The SMILES string of the molecule is C[C@H](/C=C/c1ccccc1)CC(=O)c1cccc2ccccc12. The molecule has 3 rings (SSSR count). The van der Waals surface area contributed by atoms with Gasteiger partial charge in [0.2, 0.25) is 0 Å². The number of benzene rings is 3. The van der Waals surface area contributed by atoms with Gasteiger partial charge < -0.3 is 0 Å². The van der Waals surface area contributed by atoms with Gasteiger partial charge in [-0.2, -0.15) is 0 Å². The van der Waals surface area contributed by atoms with E-state index in [0.29, 0.717) is 6.42 Å². The molecule has 3 aromatic rings. The first-order chi connectivity index (χ1) is 11.2. The second kappa shape index (κ2) is 7.06. The molecule has 1 nitrogen and oxygen atoms in total. The predicted molar refractivity (Wildman–Crippen MR) is 97.5 cm³/mol. The highest BCUT2D eigenvalue weighted by Crippen LogP contribution is 2.21. The smallest absolute Gasteiger partial charge is 0.164 e. The lowest BCUT2D eigenvalue weighted by atomic mass is 9.95. The van der Waals surface area contributed by atoms with Gasteiger partial charge in [-0.25, -0.2) is 0 Å². The Hall–Kier alpha value is -2.67. The van der Waals surface area contributed by atoms with Crippen LogP contribution in [0.15, 0.2) is 78.9 Å². The topological polar surface area (TPSA) is 17.1 Å². The molecule has 1 heteroatoms. The summed E-state index contributed by atoms with van der Waals surface area (Å²) in [6, 6.07) is 24.2. The number of carbonyl (C=O) groups excluding carboxylic acids is 1. The van der Waals surface area contributed by atoms with Gasteiger partial charge in [0.15, 0.2) is 5.78 Å². The van der Waals surface area contributed by atoms with E-state index in [2.05, 4.69) is 31.2 Å². The highest BCUT2D eigenvalue weighted by atomic mass is 16.1. The van der Waals surface area contributed by atoms with Crippen molar-refractivity contribution in [1.82, 2.24) is 0 Å². The van der Waals surface area contributed by atoms with E-state index in [4.69, 9.17) is 0 Å². The van der Waals surface area contributed by atoms with E-state index in [1.54, 1.807) is 0 Å². The average molecular weight is 300 g/mol. The maximum Gasteiger partial charge on any atom is 0.164 e. The van der Waals surface area contributed by atoms with Crippen molar-refractivity contribution >= 4 is 22.6 Å². The maximum absolute atomic E-state index is 12.6. The fourth-order valence-corrected chi connectivity index (χ4v) is 2.78. The fourth-order valence-electron chi connectivity index (χ4n) is 2.78. The zero-order valence-corrected chi connectivity index (χ0v) is 13.3. The molecule has 0 saturated carbocycles. The minimum atomic E-state index is 0.201. The van der Waals surface area contributed by atoms with Crippen molar-refractivity contribution in [1.29, 1.82) is 0 Å². The molecule has 0 fully saturated rings. The Labute approximate surface area is 137 Å². The van der Waals surface area contributed by atoms with E-state index in [1.165, 1.54) is 0 Å². The van der Waals surface area contributed by atoms with Crippen LogP contribution in [0.2, 0.25) is 0 Å². The molecular formula is C22H20O. The van der Waals surface area contributed by atoms with Gasteiger partial charge in [-0.05, 0) is 22.3 Å². The Bertz CT molecular complexity index is 825. The molecule has 0 unspecified atom stereocenters. The van der Waals surface area contributed by atoms with Gasteiger partial charge in [0.25, 0.3) is 0 Å². The molecule has 0 amide bonds. The first-order valence-electron chi connectivity index (χ1n) is 7.98. The van der Waals surface area contributed by atoms with Crippen LogP contribution in [-0.4, -0.2) is 5.78 Å². The number of hydrogen-bond donors (Lipinski definition) is 0. The fraction of sp³-hybridized carbons (Fsp3) is 0.136. The Morgan fingerprint density at radius 3 is 2.43 bits per heavy atom. The number of fused-ring (bicyclic) bond motifs is 1. The summed E-state index contributed by atoms with van der Waals surface area (Å²) < 4.78 is 0. The van der Waals surface area contributed by atoms with Gasteiger partial charge in [0.05, 0.1) is 0 Å². The minimum Gasteiger partial charge on any atom is -0.294 e. The summed E-state index contributed by atoms with van der Waals surface area (Å²) in [7, 11) is 0. The minimum absolute atomic E-state index is 0.201. The van der Waals surface area contributed by atoms with Gasteiger partial charge >= 0.3 is 0 Å². The van der Waals surface area contributed by atoms with Crippen LogP contribution >= 0.6 is 0 Å². The summed E-state index contributed by atoms with van der Waals surface area (Å²) in [4.78, 5) is 12.6. The van der Waals surface area contributed by atoms with E-state index in [1.807, 2.05) is 60.7 Å². The molecule has 1 atom stereocenters. The molecule has 0 radical (unpaired) electrons. The van der Waals surface area contributed by atoms with E-state index < -0.39 is 0 Å². The molecule has 0 aliphatic carbocycles. The van der Waals surface area contributed by atoms with E-state index >= 15 is 0 Å². The lowest BCUT2D eigenvalue weighted by Crippen LogP contribution is -2.05. The Morgan fingerprint density at radius 1 is 0.913 bits per heavy atom. The van der Waals surface area contributed by atoms with Crippen LogP contribution in [0.1, 0.15) is 29.3 Å². The molecule has 114 valence electrons. The van der Waals surface area contributed by atoms with Gasteiger partial charge in [0, 0.05) is 12.0 Å². The van der Waals surface area contributed by atoms with Crippen molar-refractivity contribution < 1.29 is 4.79 Å². The van der Waals surface area contributed by atoms with Gasteiger partial charge in [-0.1, -0.05) is 91.9 Å². The predicted octanol–water partition coefficient (Wildman–Crippen LogP) is 5.76. The number of carbonyl (C=O) groups is 1. The lowest BCUT2D eigenvalue weighted by Gasteiger charge is -2.08. The lowest BCUT2D eigenvalue weighted by molar-refractivity contribution is 0.0973. The highest BCUT2D eigenvalue weighted by Gasteiger charge is 2.12. The number of ketones is 1. The molecule has 0 saturated heterocycles. The molecule has 0 aromatic heterocycles. The van der Waals surface area contributed by atoms with Gasteiger partial charge in [-0.15, -0.1) is 0 Å². The first-order valence-corrected chi connectivity index (χ1v) is 7.98. The normalized spacial score (nSPS) is 12.6. The molecule has 0 heterocycles. The van der Waals surface area contributed by atoms with Crippen LogP contribution < -0.4 is 0 Å². The summed E-state index contributed by atoms with van der Waals surface area (Å²) in [5, 5.41) is 2.16.